The molecule has 1 aliphatic heterocycles. The fourth-order valence-electron chi connectivity index (χ4n) is 2.72. The van der Waals surface area contributed by atoms with E-state index in [1.165, 1.54) is 0 Å². The van der Waals surface area contributed by atoms with Gasteiger partial charge in [0.25, 0.3) is 0 Å². The monoisotopic (exact) mass is 297 g/mol. The van der Waals surface area contributed by atoms with Crippen molar-refractivity contribution in [2.24, 2.45) is 5.92 Å². The number of hydrogen-bond acceptors (Lipinski definition) is 4. The van der Waals surface area contributed by atoms with E-state index >= 15 is 0 Å². The molecule has 2 rings (SSSR count). The lowest BCUT2D eigenvalue weighted by atomic mass is 10.1. The van der Waals surface area contributed by atoms with Crippen molar-refractivity contribution in [3.63, 3.8) is 0 Å². The molecular weight excluding hydrogens is 274 g/mol. The Kier molecular flexibility index (Phi) is 5.01. The average Bonchev–Trinajstić information content (AvgIpc) is 2.88. The Labute approximate surface area is 121 Å². The standard InChI is InChI=1S/C14H23N3O2S/c1-3-16-20(18,19)14-7-5-4-6-13(14)17-9-8-12(11-17)10-15-2/h4-7,12,15-16H,3,8-11H2,1-2H3. The molecule has 0 aromatic heterocycles. The van der Waals surface area contributed by atoms with E-state index in [2.05, 4.69) is 14.9 Å². The lowest BCUT2D eigenvalue weighted by Gasteiger charge is -2.22. The molecular formula is C14H23N3O2S. The molecule has 1 aromatic rings. The largest absolute Gasteiger partial charge is 0.370 e. The summed E-state index contributed by atoms with van der Waals surface area (Å²) in [5.74, 6) is 0.579. The molecule has 1 saturated heterocycles. The van der Waals surface area contributed by atoms with Crippen LogP contribution >= 0.6 is 0 Å². The summed E-state index contributed by atoms with van der Waals surface area (Å²) in [6, 6.07) is 7.24. The first-order chi connectivity index (χ1) is 9.58. The summed E-state index contributed by atoms with van der Waals surface area (Å²) in [5.41, 5.74) is 0.812. The molecule has 0 aliphatic carbocycles. The Bertz CT molecular complexity index is 545. The van der Waals surface area contributed by atoms with Crippen LogP contribution in [-0.2, 0) is 10.0 Å². The summed E-state index contributed by atoms with van der Waals surface area (Å²) in [7, 11) is -1.46. The molecule has 1 fully saturated rings. The molecule has 1 heterocycles. The van der Waals surface area contributed by atoms with Gasteiger partial charge in [-0.1, -0.05) is 19.1 Å². The van der Waals surface area contributed by atoms with E-state index in [0.29, 0.717) is 17.4 Å². The van der Waals surface area contributed by atoms with Gasteiger partial charge in [0.05, 0.1) is 5.69 Å². The summed E-state index contributed by atoms with van der Waals surface area (Å²) >= 11 is 0. The van der Waals surface area contributed by atoms with Gasteiger partial charge in [0, 0.05) is 19.6 Å². The van der Waals surface area contributed by atoms with Gasteiger partial charge in [0.15, 0.2) is 0 Å². The van der Waals surface area contributed by atoms with Crippen LogP contribution in [0.1, 0.15) is 13.3 Å². The van der Waals surface area contributed by atoms with Gasteiger partial charge in [-0.3, -0.25) is 0 Å². The third kappa shape index (κ3) is 3.31. The SMILES string of the molecule is CCNS(=O)(=O)c1ccccc1N1CCC(CNC)C1. The second-order valence-corrected chi connectivity index (χ2v) is 6.86. The molecule has 1 unspecified atom stereocenters. The number of nitrogens with one attached hydrogen (secondary N) is 2. The smallest absolute Gasteiger partial charge is 0.242 e. The van der Waals surface area contributed by atoms with E-state index in [0.717, 1.165) is 31.7 Å². The van der Waals surface area contributed by atoms with Crippen molar-refractivity contribution in [2.45, 2.75) is 18.2 Å². The Morgan fingerprint density at radius 1 is 1.35 bits per heavy atom. The normalized spacial score (nSPS) is 19.5. The maximum Gasteiger partial charge on any atom is 0.242 e. The van der Waals surface area contributed by atoms with Gasteiger partial charge in [0.1, 0.15) is 4.90 Å². The van der Waals surface area contributed by atoms with Gasteiger partial charge in [-0.05, 0) is 38.1 Å². The third-order valence-corrected chi connectivity index (χ3v) is 5.20. The molecule has 2 N–H and O–H groups in total. The lowest BCUT2D eigenvalue weighted by Crippen LogP contribution is -2.28. The predicted octanol–water partition coefficient (Wildman–Crippen LogP) is 1.03. The van der Waals surface area contributed by atoms with E-state index in [1.807, 2.05) is 19.2 Å². The van der Waals surface area contributed by atoms with E-state index < -0.39 is 10.0 Å². The van der Waals surface area contributed by atoms with Crippen molar-refractivity contribution in [3.8, 4) is 0 Å². The molecule has 6 heteroatoms. The Hall–Kier alpha value is -1.11. The number of benzene rings is 1. The van der Waals surface area contributed by atoms with Gasteiger partial charge in [0.2, 0.25) is 10.0 Å². The van der Waals surface area contributed by atoms with Crippen LogP contribution in [0.3, 0.4) is 0 Å². The average molecular weight is 297 g/mol. The zero-order chi connectivity index (χ0) is 14.6. The van der Waals surface area contributed by atoms with E-state index in [9.17, 15) is 8.42 Å². The van der Waals surface area contributed by atoms with Crippen molar-refractivity contribution in [3.05, 3.63) is 24.3 Å². The summed E-state index contributed by atoms with van der Waals surface area (Å²) in [5, 5.41) is 3.19. The molecule has 1 aromatic carbocycles. The highest BCUT2D eigenvalue weighted by atomic mass is 32.2. The molecule has 0 amide bonds. The molecule has 20 heavy (non-hydrogen) atoms. The van der Waals surface area contributed by atoms with E-state index in [1.54, 1.807) is 19.1 Å². The summed E-state index contributed by atoms with van der Waals surface area (Å²) in [4.78, 5) is 2.55. The maximum atomic E-state index is 12.3. The highest BCUT2D eigenvalue weighted by Crippen LogP contribution is 2.29. The third-order valence-electron chi connectivity index (χ3n) is 3.61. The van der Waals surface area contributed by atoms with Gasteiger partial charge in [-0.2, -0.15) is 0 Å². The highest BCUT2D eigenvalue weighted by Gasteiger charge is 2.26. The van der Waals surface area contributed by atoms with Crippen LogP contribution in [0.15, 0.2) is 29.2 Å². The van der Waals surface area contributed by atoms with Crippen LogP contribution in [0, 0.1) is 5.92 Å². The van der Waals surface area contributed by atoms with Crippen LogP contribution in [0.4, 0.5) is 5.69 Å². The Morgan fingerprint density at radius 2 is 2.10 bits per heavy atom. The van der Waals surface area contributed by atoms with Crippen LogP contribution in [0.25, 0.3) is 0 Å². The predicted molar refractivity (Wildman–Crippen MR) is 81.6 cm³/mol. The van der Waals surface area contributed by atoms with Gasteiger partial charge >= 0.3 is 0 Å². The van der Waals surface area contributed by atoms with Gasteiger partial charge < -0.3 is 10.2 Å². The minimum Gasteiger partial charge on any atom is -0.370 e. The molecule has 0 radical (unpaired) electrons. The van der Waals surface area contributed by atoms with Crippen molar-refractivity contribution in [2.75, 3.05) is 38.1 Å². The topological polar surface area (TPSA) is 61.4 Å². The number of para-hydroxylation sites is 1. The first-order valence-corrected chi connectivity index (χ1v) is 8.55. The van der Waals surface area contributed by atoms with Crippen LogP contribution in [0.2, 0.25) is 0 Å². The van der Waals surface area contributed by atoms with E-state index in [-0.39, 0.29) is 0 Å². The molecule has 0 spiro atoms. The van der Waals surface area contributed by atoms with Crippen molar-refractivity contribution >= 4 is 15.7 Å². The Morgan fingerprint density at radius 3 is 2.80 bits per heavy atom. The second kappa shape index (κ2) is 6.56. The summed E-state index contributed by atoms with van der Waals surface area (Å²) in [6.45, 7) is 4.97. The zero-order valence-electron chi connectivity index (χ0n) is 12.1. The quantitative estimate of drug-likeness (QED) is 0.823. The van der Waals surface area contributed by atoms with Crippen LogP contribution in [-0.4, -0.2) is 41.6 Å². The first kappa shape index (κ1) is 15.3. The summed E-state index contributed by atoms with van der Waals surface area (Å²) < 4.78 is 27.1. The fraction of sp³-hybridized carbons (Fsp3) is 0.571. The maximum absolute atomic E-state index is 12.3. The van der Waals surface area contributed by atoms with Crippen molar-refractivity contribution in [1.29, 1.82) is 0 Å². The van der Waals surface area contributed by atoms with Crippen LogP contribution in [0.5, 0.6) is 0 Å². The zero-order valence-corrected chi connectivity index (χ0v) is 12.9. The minimum atomic E-state index is -3.42. The number of nitrogens with zero attached hydrogens (tertiary/aromatic N) is 1. The minimum absolute atomic E-state index is 0.381. The number of rotatable bonds is 6. The molecule has 0 saturated carbocycles. The number of anilines is 1. The van der Waals surface area contributed by atoms with Gasteiger partial charge in [-0.25, -0.2) is 13.1 Å². The van der Waals surface area contributed by atoms with Crippen molar-refractivity contribution in [1.82, 2.24) is 10.0 Å². The lowest BCUT2D eigenvalue weighted by molar-refractivity contribution is 0.548. The number of sulfonamides is 1. The number of hydrogen-bond donors (Lipinski definition) is 2. The molecule has 0 bridgehead atoms. The van der Waals surface area contributed by atoms with Crippen molar-refractivity contribution < 1.29 is 8.42 Å². The Balaban J connectivity index is 2.25. The van der Waals surface area contributed by atoms with Crippen LogP contribution < -0.4 is 14.9 Å². The van der Waals surface area contributed by atoms with E-state index in [4.69, 9.17) is 0 Å². The molecule has 1 atom stereocenters. The molecule has 5 nitrogen and oxygen atoms in total. The fourth-order valence-corrected chi connectivity index (χ4v) is 3.99. The highest BCUT2D eigenvalue weighted by molar-refractivity contribution is 7.89. The molecule has 1 aliphatic rings. The first-order valence-electron chi connectivity index (χ1n) is 7.06. The summed E-state index contributed by atoms with van der Waals surface area (Å²) in [6.07, 6.45) is 1.09. The molecule has 112 valence electrons. The second-order valence-electron chi connectivity index (χ2n) is 5.13. The van der Waals surface area contributed by atoms with Gasteiger partial charge in [-0.15, -0.1) is 0 Å².